The van der Waals surface area contributed by atoms with Crippen LogP contribution in [0.3, 0.4) is 0 Å². The van der Waals surface area contributed by atoms with Crippen LogP contribution in [0.2, 0.25) is 0 Å². The number of aliphatic imine (C=N–C) groups is 2. The summed E-state index contributed by atoms with van der Waals surface area (Å²) in [6.07, 6.45) is 0.659. The van der Waals surface area contributed by atoms with Crippen molar-refractivity contribution in [2.45, 2.75) is 45.7 Å². The van der Waals surface area contributed by atoms with Crippen molar-refractivity contribution in [3.8, 4) is 0 Å². The topological polar surface area (TPSA) is 72.0 Å². The van der Waals surface area contributed by atoms with Crippen LogP contribution in [0.25, 0.3) is 0 Å². The second-order valence-electron chi connectivity index (χ2n) is 6.86. The zero-order chi connectivity index (χ0) is 23.4. The molecule has 0 bridgehead atoms. The van der Waals surface area contributed by atoms with Gasteiger partial charge in [0, 0.05) is 11.9 Å². The summed E-state index contributed by atoms with van der Waals surface area (Å²) >= 11 is 5.64. The van der Waals surface area contributed by atoms with Gasteiger partial charge in [0.2, 0.25) is 0 Å². The maximum absolute atomic E-state index is 12.7. The molecule has 0 fully saturated rings. The molecule has 0 aliphatic rings. The van der Waals surface area contributed by atoms with Crippen molar-refractivity contribution < 1.29 is 17.9 Å². The van der Waals surface area contributed by atoms with E-state index in [2.05, 4.69) is 28.5 Å². The van der Waals surface area contributed by atoms with Gasteiger partial charge in [0.15, 0.2) is 11.7 Å². The molecule has 31 heavy (non-hydrogen) atoms. The van der Waals surface area contributed by atoms with Crippen LogP contribution < -0.4 is 11.1 Å². The molecule has 0 aliphatic carbocycles. The van der Waals surface area contributed by atoms with Crippen LogP contribution in [0.1, 0.15) is 45.1 Å². The van der Waals surface area contributed by atoms with Gasteiger partial charge in [0.05, 0.1) is 12.2 Å². The average molecular weight is 457 g/mol. The molecule has 1 rings (SSSR count). The van der Waals surface area contributed by atoms with E-state index in [9.17, 15) is 13.2 Å². The molecule has 0 heterocycles. The number of amidine groups is 1. The lowest BCUT2D eigenvalue weighted by molar-refractivity contribution is -0.137. The number of ether oxygens (including phenoxy) is 1. The fourth-order valence-corrected chi connectivity index (χ4v) is 2.56. The first-order valence-electron chi connectivity index (χ1n) is 9.65. The van der Waals surface area contributed by atoms with Gasteiger partial charge < -0.3 is 15.8 Å². The summed E-state index contributed by atoms with van der Waals surface area (Å²) < 4.78 is 43.7. The quantitative estimate of drug-likeness (QED) is 0.122. The zero-order valence-corrected chi connectivity index (χ0v) is 18.5. The van der Waals surface area contributed by atoms with E-state index in [1.165, 1.54) is 12.1 Å². The number of benzene rings is 1. The van der Waals surface area contributed by atoms with Gasteiger partial charge in [0.1, 0.15) is 10.9 Å². The lowest BCUT2D eigenvalue weighted by atomic mass is 10.2. The number of unbranched alkanes of at least 4 members (excludes halogenated alkanes) is 3. The fraction of sp³-hybridized carbons (Fsp3) is 0.364. The molecule has 0 radical (unpaired) electrons. The summed E-state index contributed by atoms with van der Waals surface area (Å²) in [5.41, 5.74) is 6.88. The van der Waals surface area contributed by atoms with Gasteiger partial charge in [-0.05, 0) is 69.9 Å². The van der Waals surface area contributed by atoms with Crippen molar-refractivity contribution in [3.63, 3.8) is 0 Å². The van der Waals surface area contributed by atoms with Crippen LogP contribution in [-0.4, -0.2) is 18.7 Å². The van der Waals surface area contributed by atoms with Crippen LogP contribution in [0.4, 0.5) is 18.9 Å². The van der Waals surface area contributed by atoms with Crippen molar-refractivity contribution in [1.82, 2.24) is 0 Å². The van der Waals surface area contributed by atoms with Crippen LogP contribution in [0.15, 0.2) is 69.7 Å². The van der Waals surface area contributed by atoms with E-state index in [1.54, 1.807) is 6.21 Å². The SMILES string of the molecule is C=C(Cl)/N=C(/N)C(/N=C\CCCCCOC(=C)Nc1cccc(C(F)(F)F)c1)=C(C)C. The Kier molecular flexibility index (Phi) is 10.9. The lowest BCUT2D eigenvalue weighted by Gasteiger charge is -2.13. The Labute approximate surface area is 186 Å². The smallest absolute Gasteiger partial charge is 0.416 e. The number of halogens is 4. The summed E-state index contributed by atoms with van der Waals surface area (Å²) in [5.74, 6) is 0.418. The Morgan fingerprint density at radius 1 is 1.23 bits per heavy atom. The van der Waals surface area contributed by atoms with Crippen LogP contribution >= 0.6 is 11.6 Å². The van der Waals surface area contributed by atoms with E-state index in [-0.39, 0.29) is 22.6 Å². The highest BCUT2D eigenvalue weighted by molar-refractivity contribution is 6.30. The normalized spacial score (nSPS) is 12.0. The van der Waals surface area contributed by atoms with E-state index >= 15 is 0 Å². The highest BCUT2D eigenvalue weighted by Gasteiger charge is 2.30. The Morgan fingerprint density at radius 3 is 2.55 bits per heavy atom. The molecule has 0 unspecified atom stereocenters. The van der Waals surface area contributed by atoms with Crippen LogP contribution in [0, 0.1) is 0 Å². The second-order valence-corrected chi connectivity index (χ2v) is 7.29. The molecule has 0 atom stereocenters. The highest BCUT2D eigenvalue weighted by atomic mass is 35.5. The summed E-state index contributed by atoms with van der Waals surface area (Å²) in [7, 11) is 0. The Hall–Kier alpha value is -2.74. The average Bonchev–Trinajstić information content (AvgIpc) is 2.65. The number of nitrogens with zero attached hydrogens (tertiary/aromatic N) is 2. The Balaban J connectivity index is 2.32. The fourth-order valence-electron chi connectivity index (χ4n) is 2.47. The molecule has 0 aliphatic heterocycles. The van der Waals surface area contributed by atoms with Crippen molar-refractivity contribution in [3.05, 3.63) is 65.3 Å². The molecule has 0 saturated heterocycles. The molecular formula is C22H28ClF3N4O. The molecule has 0 aromatic heterocycles. The Morgan fingerprint density at radius 2 is 1.94 bits per heavy atom. The highest BCUT2D eigenvalue weighted by Crippen LogP contribution is 2.30. The van der Waals surface area contributed by atoms with Crippen molar-refractivity contribution >= 4 is 29.3 Å². The molecular weight excluding hydrogens is 429 g/mol. The zero-order valence-electron chi connectivity index (χ0n) is 17.7. The van der Waals surface area contributed by atoms with E-state index in [0.29, 0.717) is 12.3 Å². The van der Waals surface area contributed by atoms with Crippen molar-refractivity contribution in [2.24, 2.45) is 15.7 Å². The van der Waals surface area contributed by atoms with Crippen LogP contribution in [-0.2, 0) is 10.9 Å². The van der Waals surface area contributed by atoms with Gasteiger partial charge in [0.25, 0.3) is 0 Å². The van der Waals surface area contributed by atoms with E-state index in [1.807, 2.05) is 13.8 Å². The third-order valence-corrected chi connectivity index (χ3v) is 3.99. The third kappa shape index (κ3) is 10.7. The predicted molar refractivity (Wildman–Crippen MR) is 122 cm³/mol. The van der Waals surface area contributed by atoms with Crippen molar-refractivity contribution in [2.75, 3.05) is 11.9 Å². The molecule has 0 saturated carbocycles. The molecule has 0 amide bonds. The summed E-state index contributed by atoms with van der Waals surface area (Å²) in [6.45, 7) is 11.3. The number of allylic oxidation sites excluding steroid dienone is 1. The predicted octanol–water partition coefficient (Wildman–Crippen LogP) is 6.60. The molecule has 3 N–H and O–H groups in total. The summed E-state index contributed by atoms with van der Waals surface area (Å²) in [4.78, 5) is 8.27. The molecule has 1 aromatic rings. The second kappa shape index (κ2) is 12.8. The monoisotopic (exact) mass is 456 g/mol. The van der Waals surface area contributed by atoms with E-state index < -0.39 is 11.7 Å². The molecule has 9 heteroatoms. The van der Waals surface area contributed by atoms with Gasteiger partial charge in [-0.1, -0.05) is 24.2 Å². The first kappa shape index (κ1) is 26.3. The largest absolute Gasteiger partial charge is 0.479 e. The first-order valence-corrected chi connectivity index (χ1v) is 10.0. The summed E-state index contributed by atoms with van der Waals surface area (Å²) in [5, 5.41) is 2.82. The third-order valence-electron chi connectivity index (χ3n) is 3.91. The molecule has 170 valence electrons. The van der Waals surface area contributed by atoms with E-state index in [0.717, 1.165) is 43.4 Å². The first-order chi connectivity index (χ1) is 14.5. The van der Waals surface area contributed by atoms with E-state index in [4.69, 9.17) is 22.1 Å². The van der Waals surface area contributed by atoms with Gasteiger partial charge in [-0.2, -0.15) is 13.2 Å². The molecule has 0 spiro atoms. The number of rotatable bonds is 12. The minimum absolute atomic E-state index is 0.0931. The number of alkyl halides is 3. The lowest BCUT2D eigenvalue weighted by Crippen LogP contribution is -2.15. The van der Waals surface area contributed by atoms with Gasteiger partial charge in [-0.3, -0.25) is 4.99 Å². The van der Waals surface area contributed by atoms with Crippen LogP contribution in [0.5, 0.6) is 0 Å². The number of hydrogen-bond acceptors (Lipinski definition) is 4. The minimum atomic E-state index is -4.40. The maximum atomic E-state index is 12.7. The number of hydrogen-bond donors (Lipinski definition) is 2. The summed E-state index contributed by atoms with van der Waals surface area (Å²) in [6, 6.07) is 4.86. The molecule has 5 nitrogen and oxygen atoms in total. The molecule has 1 aromatic carbocycles. The standard InChI is InChI=1S/C22H28ClF3N4O/c1-15(2)20(21(27)29-16(3)23)28-12-7-5-6-8-13-31-17(4)30-19-11-9-10-18(14-19)22(24,25)26/h9-12,14,30H,3-8,13H2,1-2H3,(H2,27,29)/b28-12-. The number of nitrogens with one attached hydrogen (secondary N) is 1. The van der Waals surface area contributed by atoms with Gasteiger partial charge in [-0.25, -0.2) is 4.99 Å². The minimum Gasteiger partial charge on any atom is -0.479 e. The Bertz CT molecular complexity index is 857. The number of anilines is 1. The van der Waals surface area contributed by atoms with Gasteiger partial charge in [-0.15, -0.1) is 0 Å². The maximum Gasteiger partial charge on any atom is 0.416 e. The van der Waals surface area contributed by atoms with Crippen molar-refractivity contribution in [1.29, 1.82) is 0 Å². The number of nitrogens with two attached hydrogens (primary N) is 1. The van der Waals surface area contributed by atoms with Gasteiger partial charge >= 0.3 is 6.18 Å².